The summed E-state index contributed by atoms with van der Waals surface area (Å²) in [6.07, 6.45) is 4.95. The minimum Gasteiger partial charge on any atom is -0.298 e. The van der Waals surface area contributed by atoms with Crippen molar-refractivity contribution in [3.63, 3.8) is 0 Å². The van der Waals surface area contributed by atoms with Crippen LogP contribution >= 0.6 is 0 Å². The van der Waals surface area contributed by atoms with Crippen molar-refractivity contribution in [3.8, 4) is 12.3 Å². The molecular formula is C7H10O4S. The zero-order valence-electron chi connectivity index (χ0n) is 6.74. The lowest BCUT2D eigenvalue weighted by molar-refractivity contribution is -0.116. The van der Waals surface area contributed by atoms with Crippen LogP contribution in [0.4, 0.5) is 0 Å². The molecule has 0 saturated heterocycles. The Morgan fingerprint density at radius 1 is 1.58 bits per heavy atom. The fraction of sp³-hybridized carbons (Fsp3) is 0.571. The summed E-state index contributed by atoms with van der Waals surface area (Å²) in [6, 6.07) is 0. The molecule has 0 saturated carbocycles. The fourth-order valence-corrected chi connectivity index (χ4v) is 1.39. The number of hydrogen-bond donors (Lipinski definition) is 0. The second-order valence-corrected chi connectivity index (χ2v) is 3.70. The Labute approximate surface area is 72.0 Å². The van der Waals surface area contributed by atoms with Crippen molar-refractivity contribution in [2.45, 2.75) is 13.3 Å². The van der Waals surface area contributed by atoms with Gasteiger partial charge < -0.3 is 0 Å². The van der Waals surface area contributed by atoms with Gasteiger partial charge in [0.25, 0.3) is 10.1 Å². The van der Waals surface area contributed by atoms with E-state index in [9.17, 15) is 13.2 Å². The first-order valence-electron chi connectivity index (χ1n) is 3.34. The van der Waals surface area contributed by atoms with Gasteiger partial charge in [0.05, 0.1) is 0 Å². The van der Waals surface area contributed by atoms with Gasteiger partial charge in [-0.2, -0.15) is 8.42 Å². The van der Waals surface area contributed by atoms with Crippen LogP contribution in [-0.4, -0.2) is 26.6 Å². The molecule has 0 heterocycles. The lowest BCUT2D eigenvalue weighted by Gasteiger charge is -1.99. The van der Waals surface area contributed by atoms with E-state index in [4.69, 9.17) is 6.42 Å². The van der Waals surface area contributed by atoms with E-state index in [1.54, 1.807) is 6.92 Å². The number of hydrogen-bond acceptors (Lipinski definition) is 4. The quantitative estimate of drug-likeness (QED) is 0.450. The Hall–Kier alpha value is -0.860. The Bertz CT molecular complexity index is 283. The molecular weight excluding hydrogens is 180 g/mol. The summed E-state index contributed by atoms with van der Waals surface area (Å²) in [5.74, 6) is 1.03. The maximum absolute atomic E-state index is 10.8. The van der Waals surface area contributed by atoms with Gasteiger partial charge in [-0.05, 0) is 0 Å². The van der Waals surface area contributed by atoms with Gasteiger partial charge in [-0.3, -0.25) is 8.98 Å². The summed E-state index contributed by atoms with van der Waals surface area (Å²) in [4.78, 5) is 10.7. The van der Waals surface area contributed by atoms with Gasteiger partial charge in [0.15, 0.2) is 0 Å². The minimum atomic E-state index is -3.75. The molecule has 0 bridgehead atoms. The molecule has 68 valence electrons. The molecule has 5 heteroatoms. The molecule has 0 aliphatic carbocycles. The number of carbonyl (C=O) groups is 1. The van der Waals surface area contributed by atoms with Gasteiger partial charge in [0, 0.05) is 6.42 Å². The van der Waals surface area contributed by atoms with E-state index in [2.05, 4.69) is 4.18 Å². The molecule has 0 N–H and O–H groups in total. The fourth-order valence-electron chi connectivity index (χ4n) is 0.465. The molecule has 0 aromatic rings. The van der Waals surface area contributed by atoms with Gasteiger partial charge in [0.2, 0.25) is 0 Å². The van der Waals surface area contributed by atoms with Gasteiger partial charge in [0.1, 0.15) is 18.1 Å². The average molecular weight is 190 g/mol. The highest BCUT2D eigenvalue weighted by Crippen LogP contribution is 1.95. The van der Waals surface area contributed by atoms with Crippen LogP contribution in [0.5, 0.6) is 0 Å². The Morgan fingerprint density at radius 2 is 2.17 bits per heavy atom. The summed E-state index contributed by atoms with van der Waals surface area (Å²) in [7, 11) is -3.75. The Morgan fingerprint density at radius 3 is 2.58 bits per heavy atom. The second-order valence-electron chi connectivity index (χ2n) is 2.06. The number of ketones is 1. The average Bonchev–Trinajstić information content (AvgIpc) is 2.00. The van der Waals surface area contributed by atoms with Crippen LogP contribution in [0.1, 0.15) is 13.3 Å². The molecule has 0 spiro atoms. The van der Waals surface area contributed by atoms with Crippen molar-refractivity contribution in [2.75, 3.05) is 12.4 Å². The first kappa shape index (κ1) is 11.1. The molecule has 0 unspecified atom stereocenters. The highest BCUT2D eigenvalue weighted by Gasteiger charge is 2.14. The Kier molecular flexibility index (Phi) is 4.55. The van der Waals surface area contributed by atoms with E-state index < -0.39 is 15.9 Å². The van der Waals surface area contributed by atoms with Crippen molar-refractivity contribution < 1.29 is 17.4 Å². The monoisotopic (exact) mass is 190 g/mol. The number of carbonyl (C=O) groups excluding carboxylic acids is 1. The van der Waals surface area contributed by atoms with Gasteiger partial charge in [-0.1, -0.05) is 12.8 Å². The third-order valence-corrected chi connectivity index (χ3v) is 2.21. The second kappa shape index (κ2) is 4.91. The summed E-state index contributed by atoms with van der Waals surface area (Å²) >= 11 is 0. The summed E-state index contributed by atoms with van der Waals surface area (Å²) in [6.45, 7) is 1.26. The third kappa shape index (κ3) is 4.88. The van der Waals surface area contributed by atoms with Crippen molar-refractivity contribution in [1.29, 1.82) is 0 Å². The minimum absolute atomic E-state index is 0.179. The lowest BCUT2D eigenvalue weighted by atomic mass is 10.4. The molecule has 0 amide bonds. The standard InChI is InChI=1S/C7H10O4S/c1-3-5-11-12(9,10)6-7(8)4-2/h1H,4-6H2,2H3. The van der Waals surface area contributed by atoms with E-state index in [0.29, 0.717) is 0 Å². The maximum Gasteiger partial charge on any atom is 0.275 e. The zero-order valence-corrected chi connectivity index (χ0v) is 7.56. The van der Waals surface area contributed by atoms with Crippen molar-refractivity contribution in [1.82, 2.24) is 0 Å². The topological polar surface area (TPSA) is 60.4 Å². The van der Waals surface area contributed by atoms with Crippen LogP contribution in [0.15, 0.2) is 0 Å². The molecule has 0 radical (unpaired) electrons. The van der Waals surface area contributed by atoms with Crippen LogP contribution in [0.3, 0.4) is 0 Å². The summed E-state index contributed by atoms with van der Waals surface area (Å²) in [5.41, 5.74) is 0. The first-order chi connectivity index (χ1) is 5.52. The molecule has 4 nitrogen and oxygen atoms in total. The first-order valence-corrected chi connectivity index (χ1v) is 4.92. The predicted molar refractivity (Wildman–Crippen MR) is 43.9 cm³/mol. The normalized spacial score (nSPS) is 10.7. The molecule has 0 atom stereocenters. The molecule has 0 rings (SSSR count). The van der Waals surface area contributed by atoms with Crippen molar-refractivity contribution in [3.05, 3.63) is 0 Å². The summed E-state index contributed by atoms with van der Waals surface area (Å²) < 4.78 is 25.9. The lowest BCUT2D eigenvalue weighted by Crippen LogP contribution is -2.17. The van der Waals surface area contributed by atoms with Crippen molar-refractivity contribution >= 4 is 15.9 Å². The van der Waals surface area contributed by atoms with Gasteiger partial charge in [-0.15, -0.1) is 6.42 Å². The number of Topliss-reactive ketones (excluding diaryl/α,β-unsaturated/α-hetero) is 1. The van der Waals surface area contributed by atoms with E-state index >= 15 is 0 Å². The smallest absolute Gasteiger partial charge is 0.275 e. The van der Waals surface area contributed by atoms with E-state index in [1.807, 2.05) is 5.92 Å². The zero-order chi connectivity index (χ0) is 9.61. The molecule has 0 aromatic carbocycles. The molecule has 0 aromatic heterocycles. The van der Waals surface area contributed by atoms with Gasteiger partial charge >= 0.3 is 0 Å². The Balaban J connectivity index is 4.07. The van der Waals surface area contributed by atoms with E-state index in [-0.39, 0.29) is 18.8 Å². The molecule has 0 fully saturated rings. The van der Waals surface area contributed by atoms with Crippen LogP contribution in [0, 0.1) is 12.3 Å². The number of rotatable bonds is 5. The SMILES string of the molecule is C#CCOS(=O)(=O)CC(=O)CC. The number of terminal acetylenes is 1. The van der Waals surface area contributed by atoms with Crippen LogP contribution < -0.4 is 0 Å². The van der Waals surface area contributed by atoms with Crippen LogP contribution in [0.2, 0.25) is 0 Å². The third-order valence-electron chi connectivity index (χ3n) is 1.05. The summed E-state index contributed by atoms with van der Waals surface area (Å²) in [5, 5.41) is 0. The predicted octanol–water partition coefficient (Wildman–Crippen LogP) is -0.0549. The maximum atomic E-state index is 10.8. The van der Waals surface area contributed by atoms with Crippen LogP contribution in [0.25, 0.3) is 0 Å². The van der Waals surface area contributed by atoms with E-state index in [0.717, 1.165) is 0 Å². The highest BCUT2D eigenvalue weighted by molar-refractivity contribution is 7.87. The molecule has 0 aliphatic rings. The molecule has 12 heavy (non-hydrogen) atoms. The highest BCUT2D eigenvalue weighted by atomic mass is 32.2. The van der Waals surface area contributed by atoms with E-state index in [1.165, 1.54) is 0 Å². The largest absolute Gasteiger partial charge is 0.298 e. The van der Waals surface area contributed by atoms with Crippen LogP contribution in [-0.2, 0) is 19.1 Å². The van der Waals surface area contributed by atoms with Crippen molar-refractivity contribution in [2.24, 2.45) is 0 Å². The molecule has 0 aliphatic heterocycles. The van der Waals surface area contributed by atoms with Gasteiger partial charge in [-0.25, -0.2) is 0 Å².